The number of hydrogen-bond acceptors (Lipinski definition) is 4. The molecule has 0 atom stereocenters. The van der Waals surface area contributed by atoms with Gasteiger partial charge in [-0.25, -0.2) is 4.98 Å². The normalized spacial score (nSPS) is 10.4. The van der Waals surface area contributed by atoms with Crippen LogP contribution >= 0.6 is 0 Å². The van der Waals surface area contributed by atoms with E-state index in [2.05, 4.69) is 15.6 Å². The minimum atomic E-state index is 0.655. The van der Waals surface area contributed by atoms with Gasteiger partial charge in [-0.1, -0.05) is 12.1 Å². The standard InChI is InChI=1S/C14H18N4O/c1-10-3-4-12-11(13(10)15)5-8-18-14(12)17-7-2-6-16-9-19/h3-5,8-9H,2,6-7,15H2,1H3,(H,16,19)(H,17,18). The largest absolute Gasteiger partial charge is 0.398 e. The molecule has 0 spiro atoms. The molecule has 0 aliphatic carbocycles. The van der Waals surface area contributed by atoms with Crippen LogP contribution in [0.5, 0.6) is 0 Å². The van der Waals surface area contributed by atoms with E-state index in [-0.39, 0.29) is 0 Å². The average Bonchev–Trinajstić information content (AvgIpc) is 2.43. The van der Waals surface area contributed by atoms with Crippen LogP contribution in [-0.4, -0.2) is 24.5 Å². The second-order valence-corrected chi connectivity index (χ2v) is 4.40. The van der Waals surface area contributed by atoms with Crippen molar-refractivity contribution in [1.82, 2.24) is 10.3 Å². The van der Waals surface area contributed by atoms with E-state index in [0.29, 0.717) is 13.0 Å². The minimum absolute atomic E-state index is 0.655. The molecular formula is C14H18N4O. The van der Waals surface area contributed by atoms with Crippen LogP contribution < -0.4 is 16.4 Å². The van der Waals surface area contributed by atoms with Crippen molar-refractivity contribution in [2.75, 3.05) is 24.1 Å². The first-order valence-corrected chi connectivity index (χ1v) is 6.28. The fourth-order valence-electron chi connectivity index (χ4n) is 1.98. The van der Waals surface area contributed by atoms with Crippen LogP contribution in [0.2, 0.25) is 0 Å². The molecule has 0 saturated carbocycles. The summed E-state index contributed by atoms with van der Waals surface area (Å²) in [6, 6.07) is 5.95. The molecule has 2 rings (SSSR count). The number of aryl methyl sites for hydroxylation is 1. The van der Waals surface area contributed by atoms with Crippen LogP contribution in [0.1, 0.15) is 12.0 Å². The topological polar surface area (TPSA) is 80.0 Å². The highest BCUT2D eigenvalue weighted by molar-refractivity contribution is 6.00. The Kier molecular flexibility index (Phi) is 4.18. The number of hydrogen-bond donors (Lipinski definition) is 3. The Morgan fingerprint density at radius 1 is 1.26 bits per heavy atom. The number of nitrogens with zero attached hydrogens (tertiary/aromatic N) is 1. The number of pyridine rings is 1. The van der Waals surface area contributed by atoms with Gasteiger partial charge in [-0.3, -0.25) is 4.79 Å². The van der Waals surface area contributed by atoms with Crippen molar-refractivity contribution in [3.63, 3.8) is 0 Å². The van der Waals surface area contributed by atoms with Gasteiger partial charge < -0.3 is 16.4 Å². The van der Waals surface area contributed by atoms with Gasteiger partial charge >= 0.3 is 0 Å². The monoisotopic (exact) mass is 258 g/mol. The zero-order valence-electron chi connectivity index (χ0n) is 10.9. The van der Waals surface area contributed by atoms with Crippen molar-refractivity contribution in [1.29, 1.82) is 0 Å². The Balaban J connectivity index is 2.15. The first-order chi connectivity index (χ1) is 9.24. The Morgan fingerprint density at radius 3 is 2.89 bits per heavy atom. The summed E-state index contributed by atoms with van der Waals surface area (Å²) in [7, 11) is 0. The van der Waals surface area contributed by atoms with Crippen LogP contribution in [0.25, 0.3) is 10.8 Å². The molecule has 0 aliphatic heterocycles. The summed E-state index contributed by atoms with van der Waals surface area (Å²) in [6.07, 6.45) is 3.31. The van der Waals surface area contributed by atoms with E-state index in [1.54, 1.807) is 6.20 Å². The zero-order chi connectivity index (χ0) is 13.7. The molecule has 1 aromatic carbocycles. The van der Waals surface area contributed by atoms with E-state index < -0.39 is 0 Å². The van der Waals surface area contributed by atoms with Gasteiger partial charge in [0.15, 0.2) is 0 Å². The Bertz CT molecular complexity index is 583. The van der Waals surface area contributed by atoms with Crippen LogP contribution in [0.4, 0.5) is 11.5 Å². The molecule has 5 nitrogen and oxygen atoms in total. The summed E-state index contributed by atoms with van der Waals surface area (Å²) in [5.41, 5.74) is 7.94. The van der Waals surface area contributed by atoms with Crippen LogP contribution in [0.3, 0.4) is 0 Å². The number of carbonyl (C=O) groups is 1. The average molecular weight is 258 g/mol. The van der Waals surface area contributed by atoms with Crippen molar-refractivity contribution in [2.24, 2.45) is 0 Å². The molecule has 0 fully saturated rings. The molecule has 1 amide bonds. The number of fused-ring (bicyclic) bond motifs is 1. The highest BCUT2D eigenvalue weighted by Gasteiger charge is 2.05. The molecule has 1 heterocycles. The van der Waals surface area contributed by atoms with Crippen molar-refractivity contribution >= 4 is 28.7 Å². The number of aromatic nitrogens is 1. The quantitative estimate of drug-likeness (QED) is 0.418. The number of rotatable bonds is 6. The first kappa shape index (κ1) is 13.1. The first-order valence-electron chi connectivity index (χ1n) is 6.28. The second-order valence-electron chi connectivity index (χ2n) is 4.40. The van der Waals surface area contributed by atoms with Gasteiger partial charge in [0.1, 0.15) is 5.82 Å². The number of nitrogens with two attached hydrogens (primary N) is 1. The lowest BCUT2D eigenvalue weighted by Crippen LogP contribution is -2.16. The number of nitrogen functional groups attached to an aromatic ring is 1. The predicted octanol–water partition coefficient (Wildman–Crippen LogP) is 1.67. The third-order valence-corrected chi connectivity index (χ3v) is 3.08. The Hall–Kier alpha value is -2.30. The second kappa shape index (κ2) is 6.04. The molecule has 0 radical (unpaired) electrons. The third kappa shape index (κ3) is 2.93. The molecule has 4 N–H and O–H groups in total. The lowest BCUT2D eigenvalue weighted by atomic mass is 10.1. The number of anilines is 2. The molecule has 0 bridgehead atoms. The van der Waals surface area contributed by atoms with Crippen molar-refractivity contribution in [2.45, 2.75) is 13.3 Å². The molecule has 0 aliphatic rings. The van der Waals surface area contributed by atoms with Gasteiger partial charge in [-0.15, -0.1) is 0 Å². The number of carbonyl (C=O) groups excluding carboxylic acids is 1. The highest BCUT2D eigenvalue weighted by atomic mass is 16.1. The minimum Gasteiger partial charge on any atom is -0.398 e. The lowest BCUT2D eigenvalue weighted by molar-refractivity contribution is -0.109. The molecule has 100 valence electrons. The summed E-state index contributed by atoms with van der Waals surface area (Å²) < 4.78 is 0. The molecular weight excluding hydrogens is 240 g/mol. The van der Waals surface area contributed by atoms with Crippen LogP contribution in [-0.2, 0) is 4.79 Å². The molecule has 5 heteroatoms. The third-order valence-electron chi connectivity index (χ3n) is 3.08. The number of benzene rings is 1. The van der Waals surface area contributed by atoms with Gasteiger partial charge in [0.25, 0.3) is 0 Å². The smallest absolute Gasteiger partial charge is 0.207 e. The number of nitrogens with one attached hydrogen (secondary N) is 2. The summed E-state index contributed by atoms with van der Waals surface area (Å²) >= 11 is 0. The fourth-order valence-corrected chi connectivity index (χ4v) is 1.98. The van der Waals surface area contributed by atoms with E-state index >= 15 is 0 Å². The van der Waals surface area contributed by atoms with E-state index in [0.717, 1.165) is 40.8 Å². The van der Waals surface area contributed by atoms with Gasteiger partial charge in [0, 0.05) is 35.7 Å². The van der Waals surface area contributed by atoms with Gasteiger partial charge in [-0.2, -0.15) is 0 Å². The van der Waals surface area contributed by atoms with Gasteiger partial charge in [0.2, 0.25) is 6.41 Å². The summed E-state index contributed by atoms with van der Waals surface area (Å²) in [5, 5.41) is 7.94. The summed E-state index contributed by atoms with van der Waals surface area (Å²) in [5.74, 6) is 0.829. The van der Waals surface area contributed by atoms with Crippen LogP contribution in [0, 0.1) is 6.92 Å². The fraction of sp³-hybridized carbons (Fsp3) is 0.286. The molecule has 0 unspecified atom stereocenters. The maximum absolute atomic E-state index is 10.1. The van der Waals surface area contributed by atoms with E-state index in [1.165, 1.54) is 0 Å². The SMILES string of the molecule is Cc1ccc2c(NCCCNC=O)nccc2c1N. The van der Waals surface area contributed by atoms with Crippen molar-refractivity contribution in [3.8, 4) is 0 Å². The van der Waals surface area contributed by atoms with E-state index in [9.17, 15) is 4.79 Å². The molecule has 0 saturated heterocycles. The number of amides is 1. The maximum atomic E-state index is 10.1. The Labute approximate surface area is 112 Å². The van der Waals surface area contributed by atoms with Crippen LogP contribution in [0.15, 0.2) is 24.4 Å². The Morgan fingerprint density at radius 2 is 2.11 bits per heavy atom. The van der Waals surface area contributed by atoms with E-state index in [1.807, 2.05) is 25.1 Å². The molecule has 1 aromatic heterocycles. The molecule has 2 aromatic rings. The van der Waals surface area contributed by atoms with Crippen molar-refractivity contribution in [3.05, 3.63) is 30.0 Å². The molecule has 19 heavy (non-hydrogen) atoms. The zero-order valence-corrected chi connectivity index (χ0v) is 10.9. The van der Waals surface area contributed by atoms with E-state index in [4.69, 9.17) is 5.73 Å². The van der Waals surface area contributed by atoms with Gasteiger partial charge in [0.05, 0.1) is 0 Å². The maximum Gasteiger partial charge on any atom is 0.207 e. The highest BCUT2D eigenvalue weighted by Crippen LogP contribution is 2.28. The van der Waals surface area contributed by atoms with Gasteiger partial charge in [-0.05, 0) is 25.0 Å². The summed E-state index contributed by atoms with van der Waals surface area (Å²) in [6.45, 7) is 3.40. The lowest BCUT2D eigenvalue weighted by Gasteiger charge is -2.11. The summed E-state index contributed by atoms with van der Waals surface area (Å²) in [4.78, 5) is 14.5. The van der Waals surface area contributed by atoms with Crippen molar-refractivity contribution < 1.29 is 4.79 Å². The predicted molar refractivity (Wildman–Crippen MR) is 78.1 cm³/mol.